The second kappa shape index (κ2) is 12.6. The highest BCUT2D eigenvalue weighted by Gasteiger charge is 2.24. The number of nitrogens with one attached hydrogen (secondary N) is 3. The van der Waals surface area contributed by atoms with Crippen LogP contribution in [0.2, 0.25) is 15.1 Å². The molecule has 0 atom stereocenters. The minimum atomic E-state index is -0.591. The van der Waals surface area contributed by atoms with E-state index in [1.807, 2.05) is 6.19 Å². The zero-order valence-electron chi connectivity index (χ0n) is 19.7. The number of carbonyl (C=O) groups is 2. The summed E-state index contributed by atoms with van der Waals surface area (Å²) >= 11 is 19.6. The van der Waals surface area contributed by atoms with Crippen molar-refractivity contribution >= 4 is 75.4 Å². The number of nitriles is 1. The minimum Gasteiger partial charge on any atom is -0.494 e. The third-order valence-corrected chi connectivity index (χ3v) is 6.90. The van der Waals surface area contributed by atoms with Gasteiger partial charge < -0.3 is 20.7 Å². The summed E-state index contributed by atoms with van der Waals surface area (Å²) in [4.78, 5) is 35.8. The van der Waals surface area contributed by atoms with E-state index in [1.54, 1.807) is 25.5 Å². The van der Waals surface area contributed by atoms with Gasteiger partial charge in [0, 0.05) is 36.9 Å². The second-order valence-electron chi connectivity index (χ2n) is 7.19. The van der Waals surface area contributed by atoms with E-state index in [0.717, 1.165) is 11.3 Å². The lowest BCUT2D eigenvalue weighted by atomic mass is 10.1. The van der Waals surface area contributed by atoms with E-state index in [1.165, 1.54) is 36.4 Å². The summed E-state index contributed by atoms with van der Waals surface area (Å²) in [5.41, 5.74) is 0.670. The Balaban J connectivity index is 1.90. The Bertz CT molecular complexity index is 1390. The fourth-order valence-corrected chi connectivity index (χ4v) is 4.75. The first-order valence-electron chi connectivity index (χ1n) is 10.4. The van der Waals surface area contributed by atoms with Gasteiger partial charge in [-0.2, -0.15) is 5.26 Å². The van der Waals surface area contributed by atoms with Crippen LogP contribution in [0.4, 0.5) is 11.5 Å². The third-order valence-electron chi connectivity index (χ3n) is 4.89. The lowest BCUT2D eigenvalue weighted by Gasteiger charge is -2.17. The Labute approximate surface area is 231 Å². The van der Waals surface area contributed by atoms with Crippen LogP contribution < -0.4 is 20.7 Å². The number of benzene rings is 1. The van der Waals surface area contributed by atoms with Gasteiger partial charge in [-0.25, -0.2) is 9.88 Å². The molecule has 192 valence electrons. The van der Waals surface area contributed by atoms with Crippen LogP contribution in [0.3, 0.4) is 0 Å². The van der Waals surface area contributed by atoms with Crippen LogP contribution in [0.25, 0.3) is 0 Å². The molecule has 37 heavy (non-hydrogen) atoms. The Morgan fingerprint density at radius 3 is 2.54 bits per heavy atom. The monoisotopic (exact) mass is 579 g/mol. The number of guanidine groups is 1. The molecule has 3 aromatic rings. The number of rotatable bonds is 7. The first-order chi connectivity index (χ1) is 17.7. The minimum absolute atomic E-state index is 0.0378. The Morgan fingerprint density at radius 2 is 1.95 bits per heavy atom. The maximum Gasteiger partial charge on any atom is 0.267 e. The fourth-order valence-electron chi connectivity index (χ4n) is 3.19. The van der Waals surface area contributed by atoms with E-state index in [2.05, 4.69) is 25.9 Å². The van der Waals surface area contributed by atoms with Crippen molar-refractivity contribution in [1.29, 1.82) is 5.26 Å². The number of anilines is 2. The third kappa shape index (κ3) is 6.61. The van der Waals surface area contributed by atoms with Crippen molar-refractivity contribution in [3.05, 3.63) is 66.9 Å². The van der Waals surface area contributed by atoms with E-state index in [4.69, 9.17) is 39.5 Å². The first kappa shape index (κ1) is 28.0. The maximum absolute atomic E-state index is 13.2. The van der Waals surface area contributed by atoms with E-state index >= 15 is 0 Å². The smallest absolute Gasteiger partial charge is 0.267 e. The quantitative estimate of drug-likeness (QED) is 0.153. The second-order valence-corrected chi connectivity index (χ2v) is 9.32. The summed E-state index contributed by atoms with van der Waals surface area (Å²) < 4.78 is 5.37. The summed E-state index contributed by atoms with van der Waals surface area (Å²) in [7, 11) is 4.56. The number of ether oxygens (including phenoxy) is 1. The SMILES string of the molecule is CN=C(NC)N(C#N)Cc1csc(C(=O)Nc2c(OC)cc(Cl)cc2C(=O)Nc2ccc(Cl)cn2)c1Cl. The molecule has 0 aliphatic carbocycles. The topological polar surface area (TPSA) is 132 Å². The standard InChI is InChI=1S/C23H20Cl3N7O3S/c1-28-23(29-2)33(11-27)9-12-10-37-20(18(12)26)22(35)32-19-15(6-14(25)7-16(19)36-3)21(34)31-17-5-4-13(24)8-30-17/h4-8,10H,9H2,1-3H3,(H,28,29)(H,32,35)(H,30,31,34). The van der Waals surface area contributed by atoms with Gasteiger partial charge in [0.25, 0.3) is 11.8 Å². The van der Waals surface area contributed by atoms with E-state index < -0.39 is 11.8 Å². The van der Waals surface area contributed by atoms with Gasteiger partial charge in [0.05, 0.1) is 35.0 Å². The number of halogens is 3. The molecule has 0 spiro atoms. The van der Waals surface area contributed by atoms with Crippen molar-refractivity contribution < 1.29 is 14.3 Å². The van der Waals surface area contributed by atoms with Gasteiger partial charge in [0.1, 0.15) is 16.4 Å². The molecule has 0 saturated carbocycles. The molecule has 14 heteroatoms. The molecule has 2 aromatic heterocycles. The fraction of sp³-hybridized carbons (Fsp3) is 0.174. The van der Waals surface area contributed by atoms with Gasteiger partial charge in [-0.05, 0) is 23.6 Å². The van der Waals surface area contributed by atoms with Gasteiger partial charge >= 0.3 is 0 Å². The predicted molar refractivity (Wildman–Crippen MR) is 146 cm³/mol. The molecule has 0 fully saturated rings. The molecule has 0 radical (unpaired) electrons. The number of methoxy groups -OCH3 is 1. The Morgan fingerprint density at radius 1 is 1.19 bits per heavy atom. The molecule has 0 bridgehead atoms. The average molecular weight is 581 g/mol. The highest BCUT2D eigenvalue weighted by atomic mass is 35.5. The number of thiophene rings is 1. The average Bonchev–Trinajstić information content (AvgIpc) is 3.25. The van der Waals surface area contributed by atoms with Crippen molar-refractivity contribution in [3.63, 3.8) is 0 Å². The van der Waals surface area contributed by atoms with E-state index in [9.17, 15) is 14.9 Å². The van der Waals surface area contributed by atoms with Crippen molar-refractivity contribution in [2.75, 3.05) is 31.8 Å². The van der Waals surface area contributed by atoms with Crippen LogP contribution in [0, 0.1) is 11.5 Å². The molecule has 0 aliphatic rings. The van der Waals surface area contributed by atoms with Gasteiger partial charge in [-0.15, -0.1) is 11.3 Å². The lowest BCUT2D eigenvalue weighted by Crippen LogP contribution is -2.35. The number of nitrogens with zero attached hydrogens (tertiary/aromatic N) is 4. The Hall–Kier alpha value is -3.56. The lowest BCUT2D eigenvalue weighted by molar-refractivity contribution is 0.102. The summed E-state index contributed by atoms with van der Waals surface area (Å²) in [6, 6.07) is 5.95. The molecular weight excluding hydrogens is 561 g/mol. The Kier molecular flexibility index (Phi) is 9.54. The molecule has 1 aromatic carbocycles. The summed E-state index contributed by atoms with van der Waals surface area (Å²) in [6.07, 6.45) is 3.40. The van der Waals surface area contributed by atoms with Gasteiger partial charge in [0.2, 0.25) is 5.96 Å². The number of hydrogen-bond acceptors (Lipinski definition) is 7. The van der Waals surface area contributed by atoms with Gasteiger partial charge in [-0.3, -0.25) is 14.6 Å². The number of aromatic nitrogens is 1. The van der Waals surface area contributed by atoms with Gasteiger partial charge in [-0.1, -0.05) is 34.8 Å². The zero-order chi connectivity index (χ0) is 27.1. The summed E-state index contributed by atoms with van der Waals surface area (Å²) in [6.45, 7) is 0.0959. The van der Waals surface area contributed by atoms with Crippen LogP contribution in [0.1, 0.15) is 25.6 Å². The normalized spacial score (nSPS) is 10.9. The molecule has 0 unspecified atom stereocenters. The molecule has 0 aliphatic heterocycles. The highest BCUT2D eigenvalue weighted by Crippen LogP contribution is 2.35. The molecule has 2 heterocycles. The van der Waals surface area contributed by atoms with Gasteiger partial charge in [0.15, 0.2) is 6.19 Å². The molecule has 3 N–H and O–H groups in total. The predicted octanol–water partition coefficient (Wildman–Crippen LogP) is 5.10. The number of amides is 2. The molecule has 0 saturated heterocycles. The number of aliphatic imine (C=N–C) groups is 1. The van der Waals surface area contributed by atoms with Crippen molar-refractivity contribution in [2.45, 2.75) is 6.54 Å². The number of hydrogen-bond donors (Lipinski definition) is 3. The largest absolute Gasteiger partial charge is 0.494 e. The van der Waals surface area contributed by atoms with Crippen LogP contribution in [-0.4, -0.2) is 48.9 Å². The van der Waals surface area contributed by atoms with Crippen molar-refractivity contribution in [3.8, 4) is 11.9 Å². The summed E-state index contributed by atoms with van der Waals surface area (Å²) in [5.74, 6) is -0.423. The molecule has 10 nitrogen and oxygen atoms in total. The highest BCUT2D eigenvalue weighted by molar-refractivity contribution is 7.13. The van der Waals surface area contributed by atoms with E-state index in [0.29, 0.717) is 16.5 Å². The number of carbonyl (C=O) groups excluding carboxylic acids is 2. The van der Waals surface area contributed by atoms with Crippen molar-refractivity contribution in [2.24, 2.45) is 4.99 Å². The van der Waals surface area contributed by atoms with Crippen LogP contribution in [0.5, 0.6) is 5.75 Å². The zero-order valence-corrected chi connectivity index (χ0v) is 22.8. The molecule has 2 amide bonds. The van der Waals surface area contributed by atoms with Crippen molar-refractivity contribution in [1.82, 2.24) is 15.2 Å². The van der Waals surface area contributed by atoms with Crippen LogP contribution >= 0.6 is 46.1 Å². The number of pyridine rings is 1. The van der Waals surface area contributed by atoms with E-state index in [-0.39, 0.29) is 44.3 Å². The first-order valence-corrected chi connectivity index (χ1v) is 12.4. The van der Waals surface area contributed by atoms with Crippen LogP contribution in [0.15, 0.2) is 40.8 Å². The molecular formula is C23H20Cl3N7O3S. The van der Waals surface area contributed by atoms with Crippen LogP contribution in [-0.2, 0) is 6.54 Å². The molecule has 3 rings (SSSR count). The summed E-state index contributed by atoms with van der Waals surface area (Å²) in [5, 5.41) is 20.1. The maximum atomic E-state index is 13.2.